The molecule has 0 saturated carbocycles. The summed E-state index contributed by atoms with van der Waals surface area (Å²) in [6, 6.07) is 0. The van der Waals surface area contributed by atoms with Gasteiger partial charge in [-0.15, -0.1) is 0 Å². The summed E-state index contributed by atoms with van der Waals surface area (Å²) >= 11 is 0. The van der Waals surface area contributed by atoms with Gasteiger partial charge in [-0.3, -0.25) is 4.79 Å². The third kappa shape index (κ3) is 3.01. The maximum absolute atomic E-state index is 12.8. The van der Waals surface area contributed by atoms with Crippen LogP contribution in [0, 0.1) is 19.8 Å². The number of ether oxygens (including phenoxy) is 1. The number of aromatic nitrogens is 3. The Morgan fingerprint density at radius 2 is 2.30 bits per heavy atom. The number of nitrogens with one attached hydrogen (secondary N) is 1. The first-order valence-corrected chi connectivity index (χ1v) is 7.98. The predicted molar refractivity (Wildman–Crippen MR) is 83.9 cm³/mol. The molecule has 3 heterocycles. The van der Waals surface area contributed by atoms with Gasteiger partial charge in [-0.25, -0.2) is 4.98 Å². The lowest BCUT2D eigenvalue weighted by molar-refractivity contribution is -0.130. The number of aryl methyl sites for hydroxylation is 3. The molecule has 1 fully saturated rings. The Kier molecular flexibility index (Phi) is 4.47. The number of amides is 1. The van der Waals surface area contributed by atoms with E-state index >= 15 is 0 Å². The van der Waals surface area contributed by atoms with E-state index in [-0.39, 0.29) is 17.9 Å². The second-order valence-corrected chi connectivity index (χ2v) is 5.80. The zero-order chi connectivity index (χ0) is 16.4. The largest absolute Gasteiger partial charge is 0.369 e. The Bertz CT molecular complexity index is 672. The molecule has 2 aromatic heterocycles. The molecular formula is C16H22N4O3. The number of carbonyl (C=O) groups excluding carboxylic acids is 1. The van der Waals surface area contributed by atoms with E-state index in [0.29, 0.717) is 23.7 Å². The Morgan fingerprint density at radius 1 is 1.48 bits per heavy atom. The lowest BCUT2D eigenvalue weighted by Gasteiger charge is -2.30. The molecule has 0 unspecified atom stereocenters. The van der Waals surface area contributed by atoms with Crippen molar-refractivity contribution in [1.29, 1.82) is 0 Å². The molecule has 2 aromatic rings. The van der Waals surface area contributed by atoms with E-state index in [4.69, 9.17) is 9.26 Å². The summed E-state index contributed by atoms with van der Waals surface area (Å²) in [6.07, 6.45) is 4.98. The highest BCUT2D eigenvalue weighted by Gasteiger charge is 2.36. The average Bonchev–Trinajstić information content (AvgIpc) is 3.16. The smallest absolute Gasteiger partial charge is 0.230 e. The summed E-state index contributed by atoms with van der Waals surface area (Å²) in [5.41, 5.74) is 1.33. The van der Waals surface area contributed by atoms with Crippen LogP contribution in [0.25, 0.3) is 0 Å². The Morgan fingerprint density at radius 3 is 3.00 bits per heavy atom. The van der Waals surface area contributed by atoms with Crippen molar-refractivity contribution in [3.63, 3.8) is 0 Å². The van der Waals surface area contributed by atoms with Crippen LogP contribution in [0.4, 0.5) is 5.69 Å². The second kappa shape index (κ2) is 6.54. The fourth-order valence-corrected chi connectivity index (χ4v) is 3.03. The molecule has 1 saturated heterocycles. The Balaban J connectivity index is 1.82. The number of anilines is 1. The van der Waals surface area contributed by atoms with E-state index in [2.05, 4.69) is 15.5 Å². The minimum absolute atomic E-state index is 0.0743. The third-order valence-electron chi connectivity index (χ3n) is 4.28. The van der Waals surface area contributed by atoms with Crippen LogP contribution in [0.3, 0.4) is 0 Å². The first-order chi connectivity index (χ1) is 11.1. The molecule has 0 radical (unpaired) electrons. The maximum atomic E-state index is 12.8. The van der Waals surface area contributed by atoms with Crippen LogP contribution in [0.2, 0.25) is 0 Å². The first kappa shape index (κ1) is 15.7. The summed E-state index contributed by atoms with van der Waals surface area (Å²) < 4.78 is 13.0. The summed E-state index contributed by atoms with van der Waals surface area (Å²) in [6.45, 7) is 7.09. The quantitative estimate of drug-likeness (QED) is 0.937. The molecule has 0 bridgehead atoms. The molecule has 1 aliphatic heterocycles. The van der Waals surface area contributed by atoms with Crippen LogP contribution in [-0.2, 0) is 16.1 Å². The van der Waals surface area contributed by atoms with Crippen molar-refractivity contribution in [2.24, 2.45) is 5.92 Å². The van der Waals surface area contributed by atoms with Gasteiger partial charge in [0.25, 0.3) is 0 Å². The van der Waals surface area contributed by atoms with Crippen LogP contribution in [0.1, 0.15) is 43.1 Å². The summed E-state index contributed by atoms with van der Waals surface area (Å²) in [4.78, 5) is 17.2. The number of hydrogen-bond acceptors (Lipinski definition) is 5. The van der Waals surface area contributed by atoms with Crippen molar-refractivity contribution in [1.82, 2.24) is 14.7 Å². The number of nitrogens with zero attached hydrogens (tertiary/aromatic N) is 3. The molecule has 0 aromatic carbocycles. The third-order valence-corrected chi connectivity index (χ3v) is 4.28. The molecule has 1 aliphatic rings. The minimum atomic E-state index is -0.320. The minimum Gasteiger partial charge on any atom is -0.369 e. The lowest BCUT2D eigenvalue weighted by atomic mass is 9.92. The van der Waals surface area contributed by atoms with E-state index < -0.39 is 0 Å². The lowest BCUT2D eigenvalue weighted by Crippen LogP contribution is -2.34. The van der Waals surface area contributed by atoms with Crippen molar-refractivity contribution in [3.8, 4) is 0 Å². The maximum Gasteiger partial charge on any atom is 0.230 e. The van der Waals surface area contributed by atoms with Crippen molar-refractivity contribution in [2.75, 3.05) is 11.9 Å². The first-order valence-electron chi connectivity index (χ1n) is 7.98. The van der Waals surface area contributed by atoms with E-state index in [1.165, 1.54) is 0 Å². The zero-order valence-electron chi connectivity index (χ0n) is 13.7. The van der Waals surface area contributed by atoms with Gasteiger partial charge in [0.05, 0.1) is 5.92 Å². The normalized spacial score (nSPS) is 21.3. The molecule has 7 heteroatoms. The molecule has 124 valence electrons. The molecule has 7 nitrogen and oxygen atoms in total. The molecule has 1 amide bonds. The molecule has 1 N–H and O–H groups in total. The predicted octanol–water partition coefficient (Wildman–Crippen LogP) is 2.61. The van der Waals surface area contributed by atoms with Crippen molar-refractivity contribution < 1.29 is 14.1 Å². The standard InChI is InChI=1S/C16H22N4O3/c1-4-20-8-7-17-15(20)14-12(6-5-9-22-14)16(21)18-13-10(2)19-23-11(13)3/h7-8,12,14H,4-6,9H2,1-3H3,(H,18,21)/t12-,14-/m1/s1. The summed E-state index contributed by atoms with van der Waals surface area (Å²) in [5.74, 6) is 1.07. The number of imidazole rings is 1. The van der Waals surface area contributed by atoms with Gasteiger partial charge in [-0.05, 0) is 33.6 Å². The monoisotopic (exact) mass is 318 g/mol. The van der Waals surface area contributed by atoms with Crippen LogP contribution in [0.5, 0.6) is 0 Å². The van der Waals surface area contributed by atoms with E-state index in [1.54, 1.807) is 13.1 Å². The van der Waals surface area contributed by atoms with Crippen molar-refractivity contribution in [3.05, 3.63) is 29.7 Å². The second-order valence-electron chi connectivity index (χ2n) is 5.80. The average molecular weight is 318 g/mol. The SMILES string of the molecule is CCn1ccnc1[C@@H]1OCCC[C@H]1C(=O)Nc1c(C)noc1C. The van der Waals surface area contributed by atoms with Crippen LogP contribution < -0.4 is 5.32 Å². The Labute approximate surface area is 135 Å². The summed E-state index contributed by atoms with van der Waals surface area (Å²) in [7, 11) is 0. The molecule has 0 spiro atoms. The van der Waals surface area contributed by atoms with Gasteiger partial charge < -0.3 is 19.1 Å². The molecule has 0 aliphatic carbocycles. The number of carbonyl (C=O) groups is 1. The van der Waals surface area contributed by atoms with E-state index in [9.17, 15) is 4.79 Å². The van der Waals surface area contributed by atoms with E-state index in [0.717, 1.165) is 25.2 Å². The van der Waals surface area contributed by atoms with Crippen LogP contribution in [0.15, 0.2) is 16.9 Å². The van der Waals surface area contributed by atoms with Crippen LogP contribution >= 0.6 is 0 Å². The molecule has 23 heavy (non-hydrogen) atoms. The van der Waals surface area contributed by atoms with Gasteiger partial charge in [0.2, 0.25) is 5.91 Å². The number of hydrogen-bond donors (Lipinski definition) is 1. The molecule has 2 atom stereocenters. The highest BCUT2D eigenvalue weighted by atomic mass is 16.5. The van der Waals surface area contributed by atoms with Gasteiger partial charge in [0.1, 0.15) is 23.3 Å². The van der Waals surface area contributed by atoms with Gasteiger partial charge >= 0.3 is 0 Å². The number of rotatable bonds is 4. The van der Waals surface area contributed by atoms with Crippen LogP contribution in [-0.4, -0.2) is 27.2 Å². The highest BCUT2D eigenvalue weighted by molar-refractivity contribution is 5.93. The van der Waals surface area contributed by atoms with Crippen molar-refractivity contribution >= 4 is 11.6 Å². The van der Waals surface area contributed by atoms with Gasteiger partial charge in [-0.1, -0.05) is 5.16 Å². The van der Waals surface area contributed by atoms with Gasteiger partial charge in [-0.2, -0.15) is 0 Å². The highest BCUT2D eigenvalue weighted by Crippen LogP contribution is 2.34. The Hall–Kier alpha value is -2.15. The van der Waals surface area contributed by atoms with Gasteiger partial charge in [0, 0.05) is 25.5 Å². The fourth-order valence-electron chi connectivity index (χ4n) is 3.03. The topological polar surface area (TPSA) is 82.2 Å². The zero-order valence-corrected chi connectivity index (χ0v) is 13.7. The van der Waals surface area contributed by atoms with Crippen molar-refractivity contribution in [2.45, 2.75) is 46.3 Å². The van der Waals surface area contributed by atoms with Gasteiger partial charge in [0.15, 0.2) is 5.76 Å². The fraction of sp³-hybridized carbons (Fsp3) is 0.562. The summed E-state index contributed by atoms with van der Waals surface area (Å²) in [5, 5.41) is 6.82. The molecule has 3 rings (SSSR count). The molecular weight excluding hydrogens is 296 g/mol. The van der Waals surface area contributed by atoms with E-state index in [1.807, 2.05) is 24.6 Å².